The topological polar surface area (TPSA) is 85.2 Å². The highest BCUT2D eigenvalue weighted by atomic mass is 35.5. The summed E-state index contributed by atoms with van der Waals surface area (Å²) in [5, 5.41) is 12.3. The number of aliphatic hydroxyl groups is 1. The SMILES string of the molecule is NC(CO)c1noc(-c2cccc(Cl)c2F)n1. The van der Waals surface area contributed by atoms with Crippen LogP contribution in [0.15, 0.2) is 22.7 Å². The third kappa shape index (κ3) is 2.28. The second-order valence-electron chi connectivity index (χ2n) is 3.35. The van der Waals surface area contributed by atoms with Gasteiger partial charge in [-0.25, -0.2) is 4.39 Å². The van der Waals surface area contributed by atoms with Crippen LogP contribution in [0.1, 0.15) is 11.9 Å². The summed E-state index contributed by atoms with van der Waals surface area (Å²) in [5.74, 6) is -0.548. The maximum atomic E-state index is 13.6. The van der Waals surface area contributed by atoms with Crippen LogP contribution < -0.4 is 5.73 Å². The van der Waals surface area contributed by atoms with E-state index in [1.165, 1.54) is 12.1 Å². The lowest BCUT2D eigenvalue weighted by atomic mass is 10.2. The number of hydrogen-bond acceptors (Lipinski definition) is 5. The minimum absolute atomic E-state index is 0.0242. The molecule has 0 saturated heterocycles. The zero-order chi connectivity index (χ0) is 12.4. The molecule has 1 atom stereocenters. The first kappa shape index (κ1) is 12.0. The third-order valence-electron chi connectivity index (χ3n) is 2.15. The quantitative estimate of drug-likeness (QED) is 0.871. The van der Waals surface area contributed by atoms with E-state index in [4.69, 9.17) is 27.0 Å². The molecule has 3 N–H and O–H groups in total. The molecule has 90 valence electrons. The Labute approximate surface area is 101 Å². The van der Waals surface area contributed by atoms with Crippen LogP contribution in [0.3, 0.4) is 0 Å². The van der Waals surface area contributed by atoms with E-state index in [0.29, 0.717) is 0 Å². The van der Waals surface area contributed by atoms with Gasteiger partial charge in [0.15, 0.2) is 11.6 Å². The number of rotatable bonds is 3. The average molecular weight is 258 g/mol. The van der Waals surface area contributed by atoms with E-state index in [2.05, 4.69) is 10.1 Å². The molecule has 0 fully saturated rings. The van der Waals surface area contributed by atoms with Gasteiger partial charge in [-0.2, -0.15) is 4.98 Å². The van der Waals surface area contributed by atoms with Gasteiger partial charge in [-0.15, -0.1) is 0 Å². The first-order valence-electron chi connectivity index (χ1n) is 4.78. The van der Waals surface area contributed by atoms with Crippen molar-refractivity contribution in [2.45, 2.75) is 6.04 Å². The fraction of sp³-hybridized carbons (Fsp3) is 0.200. The van der Waals surface area contributed by atoms with E-state index >= 15 is 0 Å². The third-order valence-corrected chi connectivity index (χ3v) is 2.44. The van der Waals surface area contributed by atoms with Crippen LogP contribution >= 0.6 is 11.6 Å². The van der Waals surface area contributed by atoms with Gasteiger partial charge in [0.05, 0.1) is 23.2 Å². The molecular weight excluding hydrogens is 249 g/mol. The van der Waals surface area contributed by atoms with Gasteiger partial charge in [0.2, 0.25) is 0 Å². The van der Waals surface area contributed by atoms with Gasteiger partial charge in [0.1, 0.15) is 0 Å². The van der Waals surface area contributed by atoms with E-state index in [9.17, 15) is 4.39 Å². The minimum atomic E-state index is -0.755. The summed E-state index contributed by atoms with van der Waals surface area (Å²) in [6.07, 6.45) is 0. The number of hydrogen-bond donors (Lipinski definition) is 2. The fourth-order valence-corrected chi connectivity index (χ4v) is 1.42. The molecule has 2 rings (SSSR count). The number of halogens is 2. The first-order chi connectivity index (χ1) is 8.13. The first-order valence-corrected chi connectivity index (χ1v) is 5.15. The molecule has 1 heterocycles. The van der Waals surface area contributed by atoms with Crippen molar-refractivity contribution in [3.63, 3.8) is 0 Å². The van der Waals surface area contributed by atoms with Crippen molar-refractivity contribution < 1.29 is 14.0 Å². The van der Waals surface area contributed by atoms with Crippen molar-refractivity contribution >= 4 is 11.6 Å². The maximum Gasteiger partial charge on any atom is 0.261 e. The Hall–Kier alpha value is -1.50. The van der Waals surface area contributed by atoms with E-state index in [-0.39, 0.29) is 28.9 Å². The summed E-state index contributed by atoms with van der Waals surface area (Å²) in [6, 6.07) is 3.69. The normalized spacial score (nSPS) is 12.7. The van der Waals surface area contributed by atoms with Crippen LogP contribution in [-0.4, -0.2) is 21.9 Å². The number of aromatic nitrogens is 2. The molecule has 1 aromatic carbocycles. The lowest BCUT2D eigenvalue weighted by Crippen LogP contribution is -2.15. The van der Waals surface area contributed by atoms with Crippen molar-refractivity contribution in [3.05, 3.63) is 34.9 Å². The Bertz CT molecular complexity index is 532. The van der Waals surface area contributed by atoms with Crippen LogP contribution in [0, 0.1) is 5.82 Å². The predicted molar refractivity (Wildman–Crippen MR) is 58.7 cm³/mol. The van der Waals surface area contributed by atoms with E-state index in [1.807, 2.05) is 0 Å². The summed E-state index contributed by atoms with van der Waals surface area (Å²) >= 11 is 5.63. The van der Waals surface area contributed by atoms with Gasteiger partial charge < -0.3 is 15.4 Å². The second kappa shape index (κ2) is 4.79. The van der Waals surface area contributed by atoms with Crippen molar-refractivity contribution in [3.8, 4) is 11.5 Å². The molecule has 7 heteroatoms. The summed E-state index contributed by atoms with van der Waals surface area (Å²) in [4.78, 5) is 3.89. The molecule has 0 radical (unpaired) electrons. The smallest absolute Gasteiger partial charge is 0.261 e. The molecule has 17 heavy (non-hydrogen) atoms. The summed E-state index contributed by atoms with van der Waals surface area (Å²) < 4.78 is 18.5. The van der Waals surface area contributed by atoms with Crippen molar-refractivity contribution in [1.82, 2.24) is 10.1 Å². The molecule has 1 unspecified atom stereocenters. The van der Waals surface area contributed by atoms with Gasteiger partial charge in [0, 0.05) is 0 Å². The Balaban J connectivity index is 2.40. The van der Waals surface area contributed by atoms with E-state index in [0.717, 1.165) is 0 Å². The zero-order valence-corrected chi connectivity index (χ0v) is 9.36. The number of benzene rings is 1. The molecule has 0 aliphatic rings. The highest BCUT2D eigenvalue weighted by Gasteiger charge is 2.18. The minimum Gasteiger partial charge on any atom is -0.394 e. The van der Waals surface area contributed by atoms with E-state index in [1.54, 1.807) is 6.07 Å². The number of nitrogens with two attached hydrogens (primary N) is 1. The molecular formula is C10H9ClFN3O2. The van der Waals surface area contributed by atoms with Gasteiger partial charge in [0.25, 0.3) is 5.89 Å². The van der Waals surface area contributed by atoms with Crippen LogP contribution in [0.5, 0.6) is 0 Å². The monoisotopic (exact) mass is 257 g/mol. The summed E-state index contributed by atoms with van der Waals surface area (Å²) in [7, 11) is 0. The Morgan fingerprint density at radius 3 is 3.00 bits per heavy atom. The molecule has 0 amide bonds. The number of nitrogens with zero attached hydrogens (tertiary/aromatic N) is 2. The van der Waals surface area contributed by atoms with Crippen molar-refractivity contribution in [2.24, 2.45) is 5.73 Å². The summed E-state index contributed by atoms with van der Waals surface area (Å²) in [5.41, 5.74) is 5.60. The van der Waals surface area contributed by atoms with Crippen LogP contribution in [0.25, 0.3) is 11.5 Å². The molecule has 0 saturated carbocycles. The highest BCUT2D eigenvalue weighted by molar-refractivity contribution is 6.31. The molecule has 0 bridgehead atoms. The van der Waals surface area contributed by atoms with E-state index < -0.39 is 11.9 Å². The van der Waals surface area contributed by atoms with Crippen LogP contribution in [-0.2, 0) is 0 Å². The second-order valence-corrected chi connectivity index (χ2v) is 3.76. The molecule has 0 aliphatic heterocycles. The fourth-order valence-electron chi connectivity index (χ4n) is 1.25. The molecule has 2 aromatic rings. The predicted octanol–water partition coefficient (Wildman–Crippen LogP) is 1.52. The molecule has 1 aromatic heterocycles. The zero-order valence-electron chi connectivity index (χ0n) is 8.60. The van der Waals surface area contributed by atoms with Gasteiger partial charge in [-0.1, -0.05) is 22.8 Å². The van der Waals surface area contributed by atoms with Gasteiger partial charge in [-0.3, -0.25) is 0 Å². The van der Waals surface area contributed by atoms with Crippen molar-refractivity contribution in [2.75, 3.05) is 6.61 Å². The largest absolute Gasteiger partial charge is 0.394 e. The number of aliphatic hydroxyl groups excluding tert-OH is 1. The van der Waals surface area contributed by atoms with Crippen LogP contribution in [0.4, 0.5) is 4.39 Å². The molecule has 0 spiro atoms. The average Bonchev–Trinajstić information content (AvgIpc) is 2.81. The Kier molecular flexibility index (Phi) is 3.37. The standard InChI is InChI=1S/C10H9ClFN3O2/c11-6-3-1-2-5(8(6)12)10-14-9(15-17-10)7(13)4-16/h1-3,7,16H,4,13H2. The van der Waals surface area contributed by atoms with Crippen LogP contribution in [0.2, 0.25) is 5.02 Å². The lowest BCUT2D eigenvalue weighted by Gasteiger charge is -1.99. The Morgan fingerprint density at radius 1 is 1.53 bits per heavy atom. The van der Waals surface area contributed by atoms with Crippen molar-refractivity contribution in [1.29, 1.82) is 0 Å². The molecule has 0 aliphatic carbocycles. The Morgan fingerprint density at radius 2 is 2.29 bits per heavy atom. The summed E-state index contributed by atoms with van der Waals surface area (Å²) in [6.45, 7) is -0.322. The lowest BCUT2D eigenvalue weighted by molar-refractivity contribution is 0.260. The maximum absolute atomic E-state index is 13.6. The van der Waals surface area contributed by atoms with Gasteiger partial charge in [-0.05, 0) is 12.1 Å². The van der Waals surface area contributed by atoms with Gasteiger partial charge >= 0.3 is 0 Å². The highest BCUT2D eigenvalue weighted by Crippen LogP contribution is 2.26. The molecule has 5 nitrogen and oxygen atoms in total.